The lowest BCUT2D eigenvalue weighted by atomic mass is 9.68. The van der Waals surface area contributed by atoms with Gasteiger partial charge in [0, 0.05) is 37.6 Å². The Balaban J connectivity index is 2.03. The van der Waals surface area contributed by atoms with Gasteiger partial charge in [-0.1, -0.05) is 35.8 Å². The van der Waals surface area contributed by atoms with Gasteiger partial charge in [0.05, 0.1) is 17.6 Å². The van der Waals surface area contributed by atoms with E-state index >= 15 is 0 Å². The average Bonchev–Trinajstić information content (AvgIpc) is 2.97. The van der Waals surface area contributed by atoms with E-state index in [0.29, 0.717) is 17.8 Å². The van der Waals surface area contributed by atoms with Gasteiger partial charge in [0.2, 0.25) is 0 Å². The maximum absolute atomic E-state index is 13.5. The largest absolute Gasteiger partial charge is 0.384 e. The fraction of sp³-hybridized carbons (Fsp3) is 0.333. The van der Waals surface area contributed by atoms with Gasteiger partial charge < -0.3 is 5.73 Å². The third-order valence-electron chi connectivity index (χ3n) is 5.84. The summed E-state index contributed by atoms with van der Waals surface area (Å²) in [4.78, 5) is 17.7. The third-order valence-corrected chi connectivity index (χ3v) is 7.31. The first-order valence-corrected chi connectivity index (χ1v) is 11.5. The molecule has 1 atom stereocenters. The van der Waals surface area contributed by atoms with Gasteiger partial charge in [0.15, 0.2) is 5.78 Å². The van der Waals surface area contributed by atoms with Gasteiger partial charge in [0.25, 0.3) is 0 Å². The van der Waals surface area contributed by atoms with Gasteiger partial charge in [-0.05, 0) is 55.5 Å². The molecule has 0 saturated heterocycles. The van der Waals surface area contributed by atoms with E-state index in [0.717, 1.165) is 38.3 Å². The number of Topliss-reactive ketones (excluding diaryl/α,β-unsaturated/α-hetero) is 1. The quantitative estimate of drug-likeness (QED) is 0.564. The number of hydrogen-bond acceptors (Lipinski definition) is 5. The zero-order valence-electron chi connectivity index (χ0n) is 17.5. The van der Waals surface area contributed by atoms with Crippen LogP contribution < -0.4 is 10.6 Å². The van der Waals surface area contributed by atoms with E-state index in [2.05, 4.69) is 55.8 Å². The van der Waals surface area contributed by atoms with Crippen LogP contribution in [-0.2, 0) is 4.79 Å². The van der Waals surface area contributed by atoms with Crippen molar-refractivity contribution in [3.05, 3.63) is 72.8 Å². The molecule has 1 aromatic heterocycles. The van der Waals surface area contributed by atoms with E-state index in [9.17, 15) is 10.1 Å². The number of nitriles is 1. The monoisotopic (exact) mass is 481 g/mol. The number of hydrogen-bond donors (Lipinski definition) is 1. The number of carbonyl (C=O) groups excluding carboxylic acids is 1. The van der Waals surface area contributed by atoms with E-state index < -0.39 is 5.92 Å². The van der Waals surface area contributed by atoms with Crippen molar-refractivity contribution in [3.8, 4) is 6.07 Å². The van der Waals surface area contributed by atoms with E-state index in [-0.39, 0.29) is 11.2 Å². The van der Waals surface area contributed by atoms with Crippen molar-refractivity contribution in [1.29, 1.82) is 5.26 Å². The SMILES string of the molecule is Cc1cc([C@@H]2C(C#N)=C(N)N(c3cccc(Br)c3)C3=C2C(=O)CC(C)(C)C3)c(C)s1. The van der Waals surface area contributed by atoms with Crippen molar-refractivity contribution < 1.29 is 4.79 Å². The summed E-state index contributed by atoms with van der Waals surface area (Å²) in [5.41, 5.74) is 10.5. The Labute approximate surface area is 189 Å². The highest BCUT2D eigenvalue weighted by molar-refractivity contribution is 9.10. The molecule has 154 valence electrons. The van der Waals surface area contributed by atoms with Crippen LogP contribution in [0, 0.1) is 30.6 Å². The first kappa shape index (κ1) is 20.9. The number of allylic oxidation sites excluding steroid dienone is 3. The van der Waals surface area contributed by atoms with Crippen LogP contribution in [0.4, 0.5) is 5.69 Å². The van der Waals surface area contributed by atoms with Gasteiger partial charge in [-0.25, -0.2) is 0 Å². The molecule has 0 bridgehead atoms. The molecular formula is C24H24BrN3OS. The van der Waals surface area contributed by atoms with Crippen molar-refractivity contribution in [1.82, 2.24) is 0 Å². The number of aryl methyl sites for hydroxylation is 2. The van der Waals surface area contributed by atoms with Crippen molar-refractivity contribution in [2.24, 2.45) is 11.1 Å². The minimum atomic E-state index is -0.401. The maximum Gasteiger partial charge on any atom is 0.162 e. The van der Waals surface area contributed by atoms with Crippen LogP contribution in [0.2, 0.25) is 0 Å². The normalized spacial score (nSPS) is 21.0. The van der Waals surface area contributed by atoms with E-state index in [1.807, 2.05) is 29.2 Å². The maximum atomic E-state index is 13.5. The number of carbonyl (C=O) groups is 1. The minimum Gasteiger partial charge on any atom is -0.384 e. The Kier molecular flexibility index (Phi) is 5.16. The number of nitrogens with zero attached hydrogens (tertiary/aromatic N) is 2. The fourth-order valence-corrected chi connectivity index (χ4v) is 6.02. The van der Waals surface area contributed by atoms with Crippen molar-refractivity contribution in [2.75, 3.05) is 4.90 Å². The molecule has 0 radical (unpaired) electrons. The number of halogens is 1. The average molecular weight is 482 g/mol. The third kappa shape index (κ3) is 3.40. The van der Waals surface area contributed by atoms with Crippen LogP contribution in [0.15, 0.2) is 57.5 Å². The van der Waals surface area contributed by atoms with Gasteiger partial charge in [0.1, 0.15) is 5.82 Å². The molecule has 2 heterocycles. The summed E-state index contributed by atoms with van der Waals surface area (Å²) < 4.78 is 0.918. The lowest BCUT2D eigenvalue weighted by molar-refractivity contribution is -0.118. The Morgan fingerprint density at radius 2 is 2.00 bits per heavy atom. The molecule has 0 saturated carbocycles. The summed E-state index contributed by atoms with van der Waals surface area (Å²) >= 11 is 5.22. The molecule has 0 fully saturated rings. The molecule has 30 heavy (non-hydrogen) atoms. The second kappa shape index (κ2) is 7.40. The van der Waals surface area contributed by atoms with Crippen LogP contribution in [0.3, 0.4) is 0 Å². The van der Waals surface area contributed by atoms with Gasteiger partial charge >= 0.3 is 0 Å². The number of nitrogens with two attached hydrogens (primary N) is 1. The summed E-state index contributed by atoms with van der Waals surface area (Å²) in [6.07, 6.45) is 1.19. The highest BCUT2D eigenvalue weighted by atomic mass is 79.9. The molecule has 0 unspecified atom stereocenters. The number of benzene rings is 1. The molecule has 2 aromatic rings. The predicted octanol–water partition coefficient (Wildman–Crippen LogP) is 6.07. The highest BCUT2D eigenvalue weighted by Gasteiger charge is 2.45. The highest BCUT2D eigenvalue weighted by Crippen LogP contribution is 2.51. The fourth-order valence-electron chi connectivity index (χ4n) is 4.67. The molecule has 0 spiro atoms. The summed E-state index contributed by atoms with van der Waals surface area (Å²) in [5, 5.41) is 10.1. The predicted molar refractivity (Wildman–Crippen MR) is 125 cm³/mol. The number of thiophene rings is 1. The van der Waals surface area contributed by atoms with E-state index in [4.69, 9.17) is 5.73 Å². The van der Waals surface area contributed by atoms with Crippen LogP contribution in [0.1, 0.15) is 47.9 Å². The topological polar surface area (TPSA) is 70.1 Å². The summed E-state index contributed by atoms with van der Waals surface area (Å²) in [7, 11) is 0. The zero-order valence-corrected chi connectivity index (χ0v) is 19.9. The minimum absolute atomic E-state index is 0.106. The first-order chi connectivity index (χ1) is 14.1. The number of anilines is 1. The van der Waals surface area contributed by atoms with Crippen molar-refractivity contribution in [3.63, 3.8) is 0 Å². The van der Waals surface area contributed by atoms with Crippen molar-refractivity contribution in [2.45, 2.75) is 46.5 Å². The molecule has 0 amide bonds. The van der Waals surface area contributed by atoms with Gasteiger partial charge in [-0.3, -0.25) is 9.69 Å². The molecule has 2 aliphatic rings. The Morgan fingerprint density at radius 1 is 1.27 bits per heavy atom. The van der Waals surface area contributed by atoms with Crippen LogP contribution in [0.25, 0.3) is 0 Å². The van der Waals surface area contributed by atoms with Crippen LogP contribution in [0.5, 0.6) is 0 Å². The van der Waals surface area contributed by atoms with Crippen LogP contribution >= 0.6 is 27.3 Å². The molecule has 6 heteroatoms. The molecule has 2 N–H and O–H groups in total. The molecular weight excluding hydrogens is 458 g/mol. The molecule has 1 aliphatic carbocycles. The first-order valence-electron chi connectivity index (χ1n) is 9.91. The number of rotatable bonds is 2. The molecule has 4 rings (SSSR count). The standard InChI is InChI=1S/C24H24BrN3OS/c1-13-8-17(14(2)30-13)21-18(12-26)23(27)28(16-7-5-6-15(25)9-16)19-10-24(3,4)11-20(29)22(19)21/h5-9,21H,10-11,27H2,1-4H3/t21-/m1/s1. The Hall–Kier alpha value is -2.36. The van der Waals surface area contributed by atoms with Crippen LogP contribution in [-0.4, -0.2) is 5.78 Å². The van der Waals surface area contributed by atoms with E-state index in [1.54, 1.807) is 11.3 Å². The number of ketones is 1. The van der Waals surface area contributed by atoms with Crippen molar-refractivity contribution >= 4 is 38.7 Å². The molecule has 1 aromatic carbocycles. The smallest absolute Gasteiger partial charge is 0.162 e. The Morgan fingerprint density at radius 3 is 2.60 bits per heavy atom. The Bertz CT molecular complexity index is 1170. The molecule has 1 aliphatic heterocycles. The van der Waals surface area contributed by atoms with Gasteiger partial charge in [-0.2, -0.15) is 5.26 Å². The summed E-state index contributed by atoms with van der Waals surface area (Å²) in [5.74, 6) is 0.116. The lowest BCUT2D eigenvalue weighted by Crippen LogP contribution is -2.42. The molecule has 4 nitrogen and oxygen atoms in total. The lowest BCUT2D eigenvalue weighted by Gasteiger charge is -2.43. The summed E-state index contributed by atoms with van der Waals surface area (Å²) in [6.45, 7) is 8.33. The van der Waals surface area contributed by atoms with Gasteiger partial charge in [-0.15, -0.1) is 11.3 Å². The van der Waals surface area contributed by atoms with E-state index in [1.165, 1.54) is 4.88 Å². The zero-order chi connectivity index (χ0) is 21.8. The second-order valence-electron chi connectivity index (χ2n) is 8.83. The summed E-state index contributed by atoms with van der Waals surface area (Å²) in [6, 6.07) is 12.3. The second-order valence-corrected chi connectivity index (χ2v) is 11.2.